The lowest BCUT2D eigenvalue weighted by molar-refractivity contribution is -0.131. The third-order valence-electron chi connectivity index (χ3n) is 4.53. The molecule has 2 amide bonds. The molecule has 1 aliphatic rings. The Bertz CT molecular complexity index is 1240. The van der Waals surface area contributed by atoms with Crippen LogP contribution in [0.3, 0.4) is 0 Å². The zero-order valence-electron chi connectivity index (χ0n) is 15.7. The molecular formula is C21H16N2O6. The second kappa shape index (κ2) is 6.97. The quantitative estimate of drug-likeness (QED) is 0.382. The first kappa shape index (κ1) is 18.5. The third-order valence-corrected chi connectivity index (χ3v) is 4.53. The summed E-state index contributed by atoms with van der Waals surface area (Å²) in [5.74, 6) is -0.968. The minimum atomic E-state index is -0.658. The molecule has 2 heterocycles. The molecule has 8 nitrogen and oxygen atoms in total. The summed E-state index contributed by atoms with van der Waals surface area (Å²) in [6, 6.07) is 9.08. The highest BCUT2D eigenvalue weighted by atomic mass is 16.5. The van der Waals surface area contributed by atoms with Gasteiger partial charge in [-0.15, -0.1) is 0 Å². The first-order chi connectivity index (χ1) is 13.9. The van der Waals surface area contributed by atoms with Crippen LogP contribution in [0, 0.1) is 0 Å². The number of nitrogens with zero attached hydrogens (tertiary/aromatic N) is 2. The molecule has 0 radical (unpaired) electrons. The molecule has 0 spiro atoms. The molecule has 2 aromatic carbocycles. The van der Waals surface area contributed by atoms with Crippen molar-refractivity contribution in [1.29, 1.82) is 0 Å². The van der Waals surface area contributed by atoms with E-state index in [2.05, 4.69) is 4.98 Å². The molecule has 29 heavy (non-hydrogen) atoms. The lowest BCUT2D eigenvalue weighted by Gasteiger charge is -2.11. The van der Waals surface area contributed by atoms with Crippen molar-refractivity contribution in [2.24, 2.45) is 0 Å². The number of amides is 2. The normalized spacial score (nSPS) is 13.1. The maximum atomic E-state index is 12.5. The Labute approximate surface area is 164 Å². The highest BCUT2D eigenvalue weighted by molar-refractivity contribution is 6.21. The Morgan fingerprint density at radius 2 is 1.83 bits per heavy atom. The number of ether oxygens (including phenoxy) is 1. The first-order valence-corrected chi connectivity index (χ1v) is 9.03. The van der Waals surface area contributed by atoms with Gasteiger partial charge in [-0.3, -0.25) is 19.3 Å². The molecule has 0 N–H and O–H groups in total. The van der Waals surface area contributed by atoms with E-state index in [1.165, 1.54) is 36.1 Å². The lowest BCUT2D eigenvalue weighted by Crippen LogP contribution is -2.30. The van der Waals surface area contributed by atoms with Gasteiger partial charge in [0.1, 0.15) is 5.75 Å². The molecule has 0 bridgehead atoms. The Morgan fingerprint density at radius 1 is 1.07 bits per heavy atom. The van der Waals surface area contributed by atoms with Crippen molar-refractivity contribution in [3.05, 3.63) is 57.9 Å². The molecule has 0 fully saturated rings. The number of hydrogen-bond donors (Lipinski definition) is 0. The van der Waals surface area contributed by atoms with E-state index in [0.717, 1.165) is 0 Å². The van der Waals surface area contributed by atoms with E-state index in [1.807, 2.05) is 6.92 Å². The summed E-state index contributed by atoms with van der Waals surface area (Å²) in [7, 11) is 0. The number of fused-ring (bicyclic) bond motifs is 2. The van der Waals surface area contributed by atoms with E-state index in [-0.39, 0.29) is 34.4 Å². The van der Waals surface area contributed by atoms with Crippen LogP contribution in [0.2, 0.25) is 0 Å². The monoisotopic (exact) mass is 392 g/mol. The highest BCUT2D eigenvalue weighted by Crippen LogP contribution is 2.28. The zero-order valence-corrected chi connectivity index (χ0v) is 15.7. The third kappa shape index (κ3) is 3.18. The maximum Gasteiger partial charge on any atom is 0.347 e. The molecule has 0 aliphatic carbocycles. The van der Waals surface area contributed by atoms with E-state index in [4.69, 9.17) is 9.15 Å². The van der Waals surface area contributed by atoms with Gasteiger partial charge in [-0.05, 0) is 42.8 Å². The molecule has 8 heteroatoms. The summed E-state index contributed by atoms with van der Waals surface area (Å²) in [6.07, 6.45) is 0.661. The molecule has 0 atom stereocenters. The molecule has 4 rings (SSSR count). The van der Waals surface area contributed by atoms with Crippen LogP contribution in [-0.2, 0) is 4.79 Å². The van der Waals surface area contributed by atoms with Crippen molar-refractivity contribution in [1.82, 2.24) is 9.88 Å². The van der Waals surface area contributed by atoms with Gasteiger partial charge in [-0.1, -0.05) is 6.92 Å². The van der Waals surface area contributed by atoms with Crippen molar-refractivity contribution in [2.75, 3.05) is 6.54 Å². The molecule has 1 aromatic heterocycles. The summed E-state index contributed by atoms with van der Waals surface area (Å²) in [6.45, 7) is 3.49. The van der Waals surface area contributed by atoms with Gasteiger partial charge < -0.3 is 9.15 Å². The Kier molecular flexibility index (Phi) is 4.46. The predicted molar refractivity (Wildman–Crippen MR) is 103 cm³/mol. The summed E-state index contributed by atoms with van der Waals surface area (Å²) < 4.78 is 10.3. The SMILES string of the molecule is CCCN1C(=O)c2ccc(-c3nc4ccc(OC(C)=O)cc4c(=O)o3)cc2C1=O. The van der Waals surface area contributed by atoms with Crippen LogP contribution < -0.4 is 10.4 Å². The average Bonchev–Trinajstić information content (AvgIpc) is 2.92. The molecular weight excluding hydrogens is 376 g/mol. The van der Waals surface area contributed by atoms with Crippen molar-refractivity contribution in [2.45, 2.75) is 20.3 Å². The number of aromatic nitrogens is 1. The Balaban J connectivity index is 1.77. The van der Waals surface area contributed by atoms with Crippen molar-refractivity contribution >= 4 is 28.7 Å². The number of esters is 1. The average molecular weight is 392 g/mol. The Hall–Kier alpha value is -3.81. The summed E-state index contributed by atoms with van der Waals surface area (Å²) in [5.41, 5.74) is 0.681. The van der Waals surface area contributed by atoms with Gasteiger partial charge in [0.2, 0.25) is 5.89 Å². The second-order valence-electron chi connectivity index (χ2n) is 6.60. The number of rotatable bonds is 4. The number of imide groups is 1. The van der Waals surface area contributed by atoms with Crippen LogP contribution in [0.15, 0.2) is 45.6 Å². The van der Waals surface area contributed by atoms with Gasteiger partial charge in [0.05, 0.1) is 22.0 Å². The molecule has 0 saturated heterocycles. The molecule has 0 saturated carbocycles. The fourth-order valence-corrected chi connectivity index (χ4v) is 3.25. The minimum absolute atomic E-state index is 0.0275. The highest BCUT2D eigenvalue weighted by Gasteiger charge is 2.35. The van der Waals surface area contributed by atoms with Crippen LogP contribution >= 0.6 is 0 Å². The van der Waals surface area contributed by atoms with Crippen LogP contribution in [0.4, 0.5) is 0 Å². The first-order valence-electron chi connectivity index (χ1n) is 9.03. The topological polar surface area (TPSA) is 107 Å². The number of carbonyl (C=O) groups is 3. The lowest BCUT2D eigenvalue weighted by atomic mass is 10.1. The van der Waals surface area contributed by atoms with Gasteiger partial charge in [0.25, 0.3) is 11.8 Å². The van der Waals surface area contributed by atoms with Gasteiger partial charge in [-0.2, -0.15) is 0 Å². The van der Waals surface area contributed by atoms with E-state index in [1.54, 1.807) is 12.1 Å². The smallest absolute Gasteiger partial charge is 0.347 e. The summed E-state index contributed by atoms with van der Waals surface area (Å²) >= 11 is 0. The van der Waals surface area contributed by atoms with Crippen molar-refractivity contribution in [3.8, 4) is 17.2 Å². The van der Waals surface area contributed by atoms with E-state index in [9.17, 15) is 19.2 Å². The van der Waals surface area contributed by atoms with Gasteiger partial charge in [0, 0.05) is 19.0 Å². The number of hydrogen-bond acceptors (Lipinski definition) is 7. The van der Waals surface area contributed by atoms with Crippen LogP contribution in [0.25, 0.3) is 22.4 Å². The summed E-state index contributed by atoms with van der Waals surface area (Å²) in [4.78, 5) is 53.9. The van der Waals surface area contributed by atoms with Crippen LogP contribution in [-0.4, -0.2) is 34.2 Å². The number of carbonyl (C=O) groups excluding carboxylic acids is 3. The standard InChI is InChI=1S/C21H16N2O6/c1-3-8-23-19(25)14-6-4-12(9-15(14)20(23)26)18-22-17-7-5-13(28-11(2)24)10-16(17)21(27)29-18/h4-7,9-10H,3,8H2,1-2H3. The van der Waals surface area contributed by atoms with Crippen LogP contribution in [0.1, 0.15) is 41.0 Å². The van der Waals surface area contributed by atoms with Gasteiger partial charge >= 0.3 is 11.6 Å². The largest absolute Gasteiger partial charge is 0.427 e. The van der Waals surface area contributed by atoms with E-state index >= 15 is 0 Å². The summed E-state index contributed by atoms with van der Waals surface area (Å²) in [5, 5.41) is 0.161. The van der Waals surface area contributed by atoms with Crippen molar-refractivity contribution < 1.29 is 23.5 Å². The van der Waals surface area contributed by atoms with Gasteiger partial charge in [0.15, 0.2) is 0 Å². The fourth-order valence-electron chi connectivity index (χ4n) is 3.25. The van der Waals surface area contributed by atoms with Crippen molar-refractivity contribution in [3.63, 3.8) is 0 Å². The number of benzene rings is 2. The predicted octanol–water partition coefficient (Wildman–Crippen LogP) is 2.79. The zero-order chi connectivity index (χ0) is 20.7. The maximum absolute atomic E-state index is 12.5. The molecule has 1 aliphatic heterocycles. The Morgan fingerprint density at radius 3 is 2.55 bits per heavy atom. The molecule has 146 valence electrons. The van der Waals surface area contributed by atoms with Gasteiger partial charge in [-0.25, -0.2) is 9.78 Å². The van der Waals surface area contributed by atoms with E-state index in [0.29, 0.717) is 29.6 Å². The molecule has 3 aromatic rings. The van der Waals surface area contributed by atoms with Crippen LogP contribution in [0.5, 0.6) is 5.75 Å². The van der Waals surface area contributed by atoms with E-state index < -0.39 is 11.6 Å². The molecule has 0 unspecified atom stereocenters. The second-order valence-corrected chi connectivity index (χ2v) is 6.60. The minimum Gasteiger partial charge on any atom is -0.427 e. The fraction of sp³-hybridized carbons (Fsp3) is 0.190.